The van der Waals surface area contributed by atoms with Crippen LogP contribution in [0.4, 0.5) is 18.9 Å². The lowest BCUT2D eigenvalue weighted by atomic mass is 9.85. The number of carbonyl (C=O) groups excluding carboxylic acids is 1. The Kier molecular flexibility index (Phi) is 4.38. The molecule has 0 aliphatic carbocycles. The molecule has 0 N–H and O–H groups in total. The fourth-order valence-corrected chi connectivity index (χ4v) is 5.19. The van der Waals surface area contributed by atoms with Gasteiger partial charge in [0.15, 0.2) is 9.84 Å². The van der Waals surface area contributed by atoms with Gasteiger partial charge in [-0.3, -0.25) is 4.79 Å². The average Bonchev–Trinajstić information content (AvgIpc) is 2.75. The molecule has 2 aromatic rings. The Hall–Kier alpha value is -2.35. The molecule has 1 aliphatic heterocycles. The van der Waals surface area contributed by atoms with Gasteiger partial charge in [-0.05, 0) is 49.7 Å². The van der Waals surface area contributed by atoms with Gasteiger partial charge < -0.3 is 4.90 Å². The van der Waals surface area contributed by atoms with Crippen LogP contribution in [-0.4, -0.2) is 27.1 Å². The standard InChI is InChI=1S/C19H18F3NO3S/c1-12-4-9-16-15(10-12)18(2,17(24)23(16)3)11-27(25,26)14-7-5-13(6-8-14)19(20,21)22/h4-10H,11H2,1-3H3. The number of rotatable bonds is 3. The molecule has 1 heterocycles. The van der Waals surface area contributed by atoms with Crippen LogP contribution >= 0.6 is 0 Å². The zero-order valence-electron chi connectivity index (χ0n) is 15.0. The zero-order valence-corrected chi connectivity index (χ0v) is 15.8. The highest BCUT2D eigenvalue weighted by Gasteiger charge is 2.49. The lowest BCUT2D eigenvalue weighted by molar-refractivity contribution is -0.137. The Balaban J connectivity index is 2.01. The van der Waals surface area contributed by atoms with Gasteiger partial charge in [0, 0.05) is 12.7 Å². The van der Waals surface area contributed by atoms with Crippen molar-refractivity contribution >= 4 is 21.4 Å². The van der Waals surface area contributed by atoms with Gasteiger partial charge in [0.2, 0.25) is 5.91 Å². The van der Waals surface area contributed by atoms with E-state index in [0.29, 0.717) is 11.3 Å². The molecule has 0 fully saturated rings. The topological polar surface area (TPSA) is 54.5 Å². The van der Waals surface area contributed by atoms with Crippen LogP contribution in [0.1, 0.15) is 23.6 Å². The van der Waals surface area contributed by atoms with Crippen LogP contribution in [0.5, 0.6) is 0 Å². The largest absolute Gasteiger partial charge is 0.416 e. The first-order chi connectivity index (χ1) is 12.4. The number of alkyl halides is 3. The molecule has 0 bridgehead atoms. The molecule has 144 valence electrons. The number of fused-ring (bicyclic) bond motifs is 1. The van der Waals surface area contributed by atoms with E-state index in [0.717, 1.165) is 29.8 Å². The molecule has 27 heavy (non-hydrogen) atoms. The van der Waals surface area contributed by atoms with Crippen molar-refractivity contribution in [1.29, 1.82) is 0 Å². The lowest BCUT2D eigenvalue weighted by Crippen LogP contribution is -2.41. The fourth-order valence-electron chi connectivity index (χ4n) is 3.43. The number of benzene rings is 2. The number of hydrogen-bond donors (Lipinski definition) is 0. The summed E-state index contributed by atoms with van der Waals surface area (Å²) in [5.74, 6) is -0.885. The molecule has 1 amide bonds. The van der Waals surface area contributed by atoms with Gasteiger partial charge in [-0.1, -0.05) is 17.7 Å². The third-order valence-electron chi connectivity index (χ3n) is 4.90. The van der Waals surface area contributed by atoms with Gasteiger partial charge >= 0.3 is 6.18 Å². The number of likely N-dealkylation sites (N-methyl/N-ethyl adjacent to an activating group) is 1. The Bertz CT molecular complexity index is 1010. The van der Waals surface area contributed by atoms with Crippen molar-refractivity contribution in [2.45, 2.75) is 30.3 Å². The van der Waals surface area contributed by atoms with Gasteiger partial charge in [0.25, 0.3) is 0 Å². The summed E-state index contributed by atoms with van der Waals surface area (Å²) in [5.41, 5.74) is -0.112. The van der Waals surface area contributed by atoms with E-state index in [1.165, 1.54) is 4.90 Å². The number of nitrogens with zero attached hydrogens (tertiary/aromatic N) is 1. The van der Waals surface area contributed by atoms with Crippen LogP contribution < -0.4 is 4.90 Å². The number of halogens is 3. The van der Waals surface area contributed by atoms with Crippen molar-refractivity contribution in [2.75, 3.05) is 17.7 Å². The van der Waals surface area contributed by atoms with E-state index in [1.54, 1.807) is 26.1 Å². The van der Waals surface area contributed by atoms with Crippen LogP contribution in [0.2, 0.25) is 0 Å². The summed E-state index contributed by atoms with van der Waals surface area (Å²) in [4.78, 5) is 14.0. The van der Waals surface area contributed by atoms with E-state index in [4.69, 9.17) is 0 Å². The zero-order chi connectivity index (χ0) is 20.2. The maximum Gasteiger partial charge on any atom is 0.416 e. The Morgan fingerprint density at radius 3 is 2.22 bits per heavy atom. The normalized spacial score (nSPS) is 20.1. The van der Waals surface area contributed by atoms with Gasteiger partial charge in [-0.15, -0.1) is 0 Å². The summed E-state index contributed by atoms with van der Waals surface area (Å²) in [6.07, 6.45) is -4.55. The summed E-state index contributed by atoms with van der Waals surface area (Å²) in [6.45, 7) is 3.40. The highest BCUT2D eigenvalue weighted by molar-refractivity contribution is 7.91. The van der Waals surface area contributed by atoms with E-state index in [1.807, 2.05) is 13.0 Å². The molecule has 0 saturated carbocycles. The molecule has 1 unspecified atom stereocenters. The number of sulfone groups is 1. The van der Waals surface area contributed by atoms with Gasteiger partial charge in [-0.2, -0.15) is 13.2 Å². The first-order valence-corrected chi connectivity index (χ1v) is 9.81. The SMILES string of the molecule is Cc1ccc2c(c1)C(C)(CS(=O)(=O)c1ccc(C(F)(F)F)cc1)C(=O)N2C. The maximum atomic E-state index is 12.8. The van der Waals surface area contributed by atoms with E-state index in [2.05, 4.69) is 0 Å². The third kappa shape index (κ3) is 3.22. The minimum atomic E-state index is -4.55. The van der Waals surface area contributed by atoms with Crippen LogP contribution in [-0.2, 0) is 26.2 Å². The molecule has 0 saturated heterocycles. The number of carbonyl (C=O) groups is 1. The molecular formula is C19H18F3NO3S. The first-order valence-electron chi connectivity index (χ1n) is 8.15. The average molecular weight is 397 g/mol. The lowest BCUT2D eigenvalue weighted by Gasteiger charge is -2.23. The minimum Gasteiger partial charge on any atom is -0.314 e. The molecule has 0 aromatic heterocycles. The summed E-state index contributed by atoms with van der Waals surface area (Å²) in [5, 5.41) is 0. The quantitative estimate of drug-likeness (QED) is 0.793. The number of aryl methyl sites for hydroxylation is 1. The van der Waals surface area contributed by atoms with Gasteiger partial charge in [0.1, 0.15) is 0 Å². The second-order valence-electron chi connectivity index (χ2n) is 7.00. The van der Waals surface area contributed by atoms with Crippen LogP contribution in [0.25, 0.3) is 0 Å². The van der Waals surface area contributed by atoms with E-state index >= 15 is 0 Å². The second-order valence-corrected chi connectivity index (χ2v) is 8.99. The smallest absolute Gasteiger partial charge is 0.314 e. The molecule has 0 spiro atoms. The predicted octanol–water partition coefficient (Wildman–Crippen LogP) is 3.72. The minimum absolute atomic E-state index is 0.242. The summed E-state index contributed by atoms with van der Waals surface area (Å²) >= 11 is 0. The fraction of sp³-hybridized carbons (Fsp3) is 0.316. The first kappa shape index (κ1) is 19.4. The number of amides is 1. The van der Waals surface area contributed by atoms with Crippen molar-refractivity contribution < 1.29 is 26.4 Å². The highest BCUT2D eigenvalue weighted by Crippen LogP contribution is 2.43. The number of anilines is 1. The molecule has 0 radical (unpaired) electrons. The molecule has 1 atom stereocenters. The number of hydrogen-bond acceptors (Lipinski definition) is 3. The van der Waals surface area contributed by atoms with Crippen LogP contribution in [0, 0.1) is 6.92 Å². The molecular weight excluding hydrogens is 379 g/mol. The summed E-state index contributed by atoms with van der Waals surface area (Å²) < 4.78 is 63.8. The Morgan fingerprint density at radius 2 is 1.67 bits per heavy atom. The summed E-state index contributed by atoms with van der Waals surface area (Å²) in [7, 11) is -2.42. The van der Waals surface area contributed by atoms with Crippen molar-refractivity contribution in [3.05, 3.63) is 59.2 Å². The second kappa shape index (κ2) is 6.09. The van der Waals surface area contributed by atoms with Crippen molar-refractivity contribution in [3.8, 4) is 0 Å². The highest BCUT2D eigenvalue weighted by atomic mass is 32.2. The monoisotopic (exact) mass is 397 g/mol. The van der Waals surface area contributed by atoms with Crippen LogP contribution in [0.3, 0.4) is 0 Å². The van der Waals surface area contributed by atoms with Crippen molar-refractivity contribution in [3.63, 3.8) is 0 Å². The van der Waals surface area contributed by atoms with Crippen molar-refractivity contribution in [1.82, 2.24) is 0 Å². The molecule has 2 aromatic carbocycles. The van der Waals surface area contributed by atoms with E-state index in [9.17, 15) is 26.4 Å². The molecule has 8 heteroatoms. The van der Waals surface area contributed by atoms with Gasteiger partial charge in [-0.25, -0.2) is 8.42 Å². The molecule has 3 rings (SSSR count). The maximum absolute atomic E-state index is 12.8. The molecule has 1 aliphatic rings. The van der Waals surface area contributed by atoms with Gasteiger partial charge in [0.05, 0.1) is 21.6 Å². The van der Waals surface area contributed by atoms with Crippen molar-refractivity contribution in [2.24, 2.45) is 0 Å². The Labute approximate surface area is 155 Å². The third-order valence-corrected chi connectivity index (χ3v) is 6.85. The summed E-state index contributed by atoms with van der Waals surface area (Å²) in [6, 6.07) is 8.70. The molecule has 4 nitrogen and oxygen atoms in total. The van der Waals surface area contributed by atoms with Crippen LogP contribution in [0.15, 0.2) is 47.4 Å². The van der Waals surface area contributed by atoms with E-state index < -0.39 is 32.7 Å². The Morgan fingerprint density at radius 1 is 1.07 bits per heavy atom. The van der Waals surface area contributed by atoms with E-state index in [-0.39, 0.29) is 10.8 Å². The predicted molar refractivity (Wildman–Crippen MR) is 95.4 cm³/mol.